The van der Waals surface area contributed by atoms with Crippen LogP contribution in [0.2, 0.25) is 0 Å². The van der Waals surface area contributed by atoms with Gasteiger partial charge < -0.3 is 4.57 Å². The minimum absolute atomic E-state index is 0.494. The maximum absolute atomic E-state index is 13.7. The van der Waals surface area contributed by atoms with Crippen LogP contribution < -0.4 is 0 Å². The number of aryl methyl sites for hydroxylation is 1. The second-order valence-corrected chi connectivity index (χ2v) is 8.47. The summed E-state index contributed by atoms with van der Waals surface area (Å²) in [7, 11) is 0. The standard InChI is InChI=1S/C30H26FN5/c1-2-10-24-19-25(34-29(22-11-5-3-6-12-22)23-13-7-4-8-14-23)20-33-27(24)21-36-18-17-32-30(36)26-15-9-16-28(31)35-26/h3-9,11-20H,2,10,21H2,1H3. The topological polar surface area (TPSA) is 56.0 Å². The Labute approximate surface area is 210 Å². The highest BCUT2D eigenvalue weighted by Crippen LogP contribution is 2.23. The molecule has 36 heavy (non-hydrogen) atoms. The number of rotatable bonds is 8. The molecule has 0 unspecified atom stereocenters. The van der Waals surface area contributed by atoms with Crippen molar-refractivity contribution < 1.29 is 4.39 Å². The van der Waals surface area contributed by atoms with Crippen molar-refractivity contribution >= 4 is 11.4 Å². The van der Waals surface area contributed by atoms with Crippen LogP contribution in [-0.2, 0) is 13.0 Å². The van der Waals surface area contributed by atoms with Gasteiger partial charge in [-0.15, -0.1) is 0 Å². The van der Waals surface area contributed by atoms with Crippen LogP contribution in [-0.4, -0.2) is 25.2 Å². The van der Waals surface area contributed by atoms with Gasteiger partial charge in [0, 0.05) is 23.5 Å². The summed E-state index contributed by atoms with van der Waals surface area (Å²) >= 11 is 0. The minimum Gasteiger partial charge on any atom is -0.324 e. The van der Waals surface area contributed by atoms with Gasteiger partial charge in [0.15, 0.2) is 5.82 Å². The second kappa shape index (κ2) is 10.9. The van der Waals surface area contributed by atoms with Crippen LogP contribution in [0.5, 0.6) is 0 Å². The van der Waals surface area contributed by atoms with Crippen LogP contribution in [0.4, 0.5) is 10.1 Å². The summed E-state index contributed by atoms with van der Waals surface area (Å²) in [6.45, 7) is 2.66. The van der Waals surface area contributed by atoms with Crippen LogP contribution >= 0.6 is 0 Å². The number of nitrogens with zero attached hydrogens (tertiary/aromatic N) is 5. The lowest BCUT2D eigenvalue weighted by molar-refractivity contribution is 0.584. The predicted molar refractivity (Wildman–Crippen MR) is 141 cm³/mol. The molecule has 2 aromatic carbocycles. The first-order valence-corrected chi connectivity index (χ1v) is 12.0. The Morgan fingerprint density at radius 2 is 1.61 bits per heavy atom. The van der Waals surface area contributed by atoms with Crippen LogP contribution in [0.3, 0.4) is 0 Å². The molecule has 0 amide bonds. The average molecular weight is 476 g/mol. The predicted octanol–water partition coefficient (Wildman–Crippen LogP) is 6.65. The van der Waals surface area contributed by atoms with Crippen LogP contribution in [0, 0.1) is 5.95 Å². The van der Waals surface area contributed by atoms with E-state index in [1.165, 1.54) is 6.07 Å². The molecule has 0 saturated carbocycles. The molecule has 0 bridgehead atoms. The summed E-state index contributed by atoms with van der Waals surface area (Å²) in [6, 6.07) is 27.2. The largest absolute Gasteiger partial charge is 0.324 e. The number of hydrogen-bond donors (Lipinski definition) is 0. The molecule has 3 heterocycles. The van der Waals surface area contributed by atoms with E-state index in [0.717, 1.165) is 46.6 Å². The maximum Gasteiger partial charge on any atom is 0.213 e. The van der Waals surface area contributed by atoms with Gasteiger partial charge in [0.05, 0.1) is 29.8 Å². The highest BCUT2D eigenvalue weighted by Gasteiger charge is 2.13. The molecule has 3 aromatic heterocycles. The summed E-state index contributed by atoms with van der Waals surface area (Å²) < 4.78 is 15.7. The van der Waals surface area contributed by atoms with Crippen molar-refractivity contribution in [2.75, 3.05) is 0 Å². The molecule has 0 N–H and O–H groups in total. The molecular weight excluding hydrogens is 449 g/mol. The molecule has 0 aliphatic heterocycles. The molecule has 6 heteroatoms. The lowest BCUT2D eigenvalue weighted by Gasteiger charge is -2.13. The normalized spacial score (nSPS) is 10.8. The fraction of sp³-hybridized carbons (Fsp3) is 0.133. The third kappa shape index (κ3) is 5.28. The van der Waals surface area contributed by atoms with E-state index in [1.807, 2.05) is 53.4 Å². The summed E-state index contributed by atoms with van der Waals surface area (Å²) in [6.07, 6.45) is 7.24. The Hall–Kier alpha value is -4.45. The number of aliphatic imine (C=N–C) groups is 1. The number of aromatic nitrogens is 4. The Balaban J connectivity index is 1.51. The molecule has 0 fully saturated rings. The molecule has 5 rings (SSSR count). The third-order valence-corrected chi connectivity index (χ3v) is 5.88. The molecular formula is C30H26FN5. The maximum atomic E-state index is 13.7. The molecule has 5 nitrogen and oxygen atoms in total. The summed E-state index contributed by atoms with van der Waals surface area (Å²) in [5.41, 5.74) is 6.38. The van der Waals surface area contributed by atoms with E-state index in [4.69, 9.17) is 9.98 Å². The van der Waals surface area contributed by atoms with Crippen LogP contribution in [0.15, 0.2) is 109 Å². The lowest BCUT2D eigenvalue weighted by Crippen LogP contribution is -2.07. The molecule has 0 aliphatic carbocycles. The summed E-state index contributed by atoms with van der Waals surface area (Å²) in [4.78, 5) is 18.3. The Bertz CT molecular complexity index is 1430. The average Bonchev–Trinajstić information content (AvgIpc) is 3.38. The zero-order chi connectivity index (χ0) is 24.7. The van der Waals surface area contributed by atoms with Crippen molar-refractivity contribution in [1.29, 1.82) is 0 Å². The summed E-state index contributed by atoms with van der Waals surface area (Å²) in [5, 5.41) is 0. The van der Waals surface area contributed by atoms with Crippen molar-refractivity contribution in [3.8, 4) is 11.5 Å². The van der Waals surface area contributed by atoms with Gasteiger partial charge in [0.25, 0.3) is 0 Å². The van der Waals surface area contributed by atoms with Gasteiger partial charge in [-0.2, -0.15) is 4.39 Å². The second-order valence-electron chi connectivity index (χ2n) is 8.47. The first-order chi connectivity index (χ1) is 17.7. The smallest absolute Gasteiger partial charge is 0.213 e. The number of imidazole rings is 1. The van der Waals surface area contributed by atoms with Crippen LogP contribution in [0.25, 0.3) is 11.5 Å². The fourth-order valence-electron chi connectivity index (χ4n) is 4.20. The number of pyridine rings is 2. The Kier molecular flexibility index (Phi) is 7.03. The van der Waals surface area contributed by atoms with E-state index < -0.39 is 5.95 Å². The van der Waals surface area contributed by atoms with Gasteiger partial charge in [-0.1, -0.05) is 80.1 Å². The molecule has 0 atom stereocenters. The number of halogens is 1. The van der Waals surface area contributed by atoms with Gasteiger partial charge in [0.1, 0.15) is 5.69 Å². The van der Waals surface area contributed by atoms with E-state index in [9.17, 15) is 4.39 Å². The zero-order valence-electron chi connectivity index (χ0n) is 20.1. The molecule has 0 saturated heterocycles. The van der Waals surface area contributed by atoms with Crippen LogP contribution in [0.1, 0.15) is 35.7 Å². The van der Waals surface area contributed by atoms with Gasteiger partial charge in [-0.3, -0.25) is 4.98 Å². The van der Waals surface area contributed by atoms with E-state index in [0.29, 0.717) is 18.1 Å². The molecule has 0 radical (unpaired) electrons. The highest BCUT2D eigenvalue weighted by atomic mass is 19.1. The molecule has 0 aliphatic rings. The minimum atomic E-state index is -0.526. The van der Waals surface area contributed by atoms with Crippen molar-refractivity contribution in [1.82, 2.24) is 19.5 Å². The lowest BCUT2D eigenvalue weighted by atomic mass is 10.0. The summed E-state index contributed by atoms with van der Waals surface area (Å²) in [5.74, 6) is 0.0815. The monoisotopic (exact) mass is 475 g/mol. The molecule has 5 aromatic rings. The van der Waals surface area contributed by atoms with Crippen molar-refractivity contribution in [3.05, 3.63) is 132 Å². The Morgan fingerprint density at radius 3 is 2.28 bits per heavy atom. The fourth-order valence-corrected chi connectivity index (χ4v) is 4.20. The number of hydrogen-bond acceptors (Lipinski definition) is 4. The number of benzene rings is 2. The zero-order valence-corrected chi connectivity index (χ0v) is 20.1. The first kappa shape index (κ1) is 23.3. The van der Waals surface area contributed by atoms with Gasteiger partial charge in [-0.05, 0) is 30.2 Å². The third-order valence-electron chi connectivity index (χ3n) is 5.88. The van der Waals surface area contributed by atoms with E-state index in [2.05, 4.69) is 47.2 Å². The highest BCUT2D eigenvalue weighted by molar-refractivity contribution is 6.13. The van der Waals surface area contributed by atoms with Crippen molar-refractivity contribution in [2.24, 2.45) is 4.99 Å². The van der Waals surface area contributed by atoms with E-state index in [1.54, 1.807) is 18.3 Å². The first-order valence-electron chi connectivity index (χ1n) is 12.0. The van der Waals surface area contributed by atoms with Gasteiger partial charge >= 0.3 is 0 Å². The molecule has 178 valence electrons. The SMILES string of the molecule is CCCc1cc(N=C(c2ccccc2)c2ccccc2)cnc1Cn1ccnc1-c1cccc(F)n1. The van der Waals surface area contributed by atoms with Gasteiger partial charge in [-0.25, -0.2) is 15.0 Å². The van der Waals surface area contributed by atoms with E-state index >= 15 is 0 Å². The van der Waals surface area contributed by atoms with Crippen molar-refractivity contribution in [3.63, 3.8) is 0 Å². The molecule has 0 spiro atoms. The van der Waals surface area contributed by atoms with Gasteiger partial charge in [0.2, 0.25) is 5.95 Å². The van der Waals surface area contributed by atoms with E-state index in [-0.39, 0.29) is 0 Å². The van der Waals surface area contributed by atoms with Crippen molar-refractivity contribution in [2.45, 2.75) is 26.3 Å². The quantitative estimate of drug-likeness (QED) is 0.186. The Morgan fingerprint density at radius 1 is 0.889 bits per heavy atom.